The van der Waals surface area contributed by atoms with E-state index in [4.69, 9.17) is 10.3 Å². The van der Waals surface area contributed by atoms with Crippen LogP contribution in [-0.2, 0) is 4.79 Å². The Bertz CT molecular complexity index is 601. The van der Waals surface area contributed by atoms with Gasteiger partial charge < -0.3 is 20.5 Å². The van der Waals surface area contributed by atoms with Gasteiger partial charge in [-0.2, -0.15) is 0 Å². The van der Waals surface area contributed by atoms with Crippen molar-refractivity contribution in [1.82, 2.24) is 15.4 Å². The van der Waals surface area contributed by atoms with Crippen molar-refractivity contribution in [3.05, 3.63) is 17.5 Å². The number of likely N-dealkylation sites (tertiary alicyclic amines) is 1. The number of aromatic nitrogens is 1. The second kappa shape index (κ2) is 6.93. The Balaban J connectivity index is 1.49. The van der Waals surface area contributed by atoms with E-state index in [1.807, 2.05) is 11.8 Å². The fraction of sp³-hybridized carbons (Fsp3) is 0.706. The van der Waals surface area contributed by atoms with E-state index in [0.717, 1.165) is 31.4 Å². The molecule has 1 unspecified atom stereocenters. The molecule has 1 aliphatic carbocycles. The summed E-state index contributed by atoms with van der Waals surface area (Å²) in [7, 11) is 0. The van der Waals surface area contributed by atoms with Gasteiger partial charge in [0, 0.05) is 31.1 Å². The van der Waals surface area contributed by atoms with Crippen LogP contribution < -0.4 is 11.1 Å². The molecule has 0 radical (unpaired) electrons. The normalized spacial score (nSPS) is 21.4. The minimum Gasteiger partial charge on any atom is -0.360 e. The van der Waals surface area contributed by atoms with Crippen LogP contribution in [0.3, 0.4) is 0 Å². The van der Waals surface area contributed by atoms with E-state index < -0.39 is 6.04 Å². The van der Waals surface area contributed by atoms with Crippen molar-refractivity contribution >= 4 is 11.8 Å². The van der Waals surface area contributed by atoms with Crippen LogP contribution in [0, 0.1) is 5.92 Å². The third kappa shape index (κ3) is 3.77. The predicted octanol–water partition coefficient (Wildman–Crippen LogP) is 1.26. The molecule has 0 bridgehead atoms. The standard InChI is InChI=1S/C17H26N4O3/c1-10(18)17(23)21-7-5-12(6-8-21)11(2)19-16(22)14-9-15(24-20-14)13-3-4-13/h9-13H,3-8,18H2,1-2H3,(H,19,22)/t10-,11?/m1/s1. The summed E-state index contributed by atoms with van der Waals surface area (Å²) in [6, 6.07) is 1.33. The van der Waals surface area contributed by atoms with Crippen molar-refractivity contribution in [3.63, 3.8) is 0 Å². The van der Waals surface area contributed by atoms with Crippen LogP contribution in [0.2, 0.25) is 0 Å². The molecular weight excluding hydrogens is 308 g/mol. The first kappa shape index (κ1) is 17.0. The number of hydrogen-bond donors (Lipinski definition) is 2. The fourth-order valence-electron chi connectivity index (χ4n) is 3.26. The molecule has 2 atom stereocenters. The van der Waals surface area contributed by atoms with Crippen molar-refractivity contribution in [1.29, 1.82) is 0 Å². The molecular formula is C17H26N4O3. The molecule has 132 valence electrons. The molecule has 2 amide bonds. The number of nitrogens with two attached hydrogens (primary N) is 1. The van der Waals surface area contributed by atoms with Crippen molar-refractivity contribution in [2.24, 2.45) is 11.7 Å². The number of carbonyl (C=O) groups is 2. The summed E-state index contributed by atoms with van der Waals surface area (Å²) in [6.45, 7) is 5.11. The van der Waals surface area contributed by atoms with Gasteiger partial charge >= 0.3 is 0 Å². The molecule has 0 aromatic carbocycles. The number of piperidine rings is 1. The molecule has 1 saturated heterocycles. The minimum absolute atomic E-state index is 0.000316. The highest BCUT2D eigenvalue weighted by Crippen LogP contribution is 2.40. The molecule has 1 saturated carbocycles. The number of amides is 2. The number of carbonyl (C=O) groups excluding carboxylic acids is 2. The van der Waals surface area contributed by atoms with Crippen LogP contribution in [0.1, 0.15) is 61.7 Å². The Morgan fingerprint density at radius 1 is 1.29 bits per heavy atom. The molecule has 1 aromatic rings. The summed E-state index contributed by atoms with van der Waals surface area (Å²) in [5.41, 5.74) is 6.01. The van der Waals surface area contributed by atoms with Crippen molar-refractivity contribution in [3.8, 4) is 0 Å². The maximum absolute atomic E-state index is 12.3. The minimum atomic E-state index is -0.452. The van der Waals surface area contributed by atoms with Gasteiger partial charge in [0.15, 0.2) is 5.69 Å². The van der Waals surface area contributed by atoms with Gasteiger partial charge in [0.2, 0.25) is 5.91 Å². The van der Waals surface area contributed by atoms with Gasteiger partial charge in [0.25, 0.3) is 5.91 Å². The highest BCUT2D eigenvalue weighted by molar-refractivity contribution is 5.92. The van der Waals surface area contributed by atoms with Gasteiger partial charge in [-0.05, 0) is 45.4 Å². The van der Waals surface area contributed by atoms with Crippen LogP contribution in [0.4, 0.5) is 0 Å². The molecule has 2 heterocycles. The van der Waals surface area contributed by atoms with Gasteiger partial charge in [-0.15, -0.1) is 0 Å². The van der Waals surface area contributed by atoms with Crippen LogP contribution >= 0.6 is 0 Å². The lowest BCUT2D eigenvalue weighted by Crippen LogP contribution is -2.49. The average Bonchev–Trinajstić information content (AvgIpc) is 3.31. The molecule has 7 nitrogen and oxygen atoms in total. The first-order valence-electron chi connectivity index (χ1n) is 8.77. The largest absolute Gasteiger partial charge is 0.360 e. The Morgan fingerprint density at radius 2 is 1.96 bits per heavy atom. The molecule has 1 aliphatic heterocycles. The average molecular weight is 334 g/mol. The van der Waals surface area contributed by atoms with Gasteiger partial charge in [-0.1, -0.05) is 5.16 Å². The number of rotatable bonds is 5. The van der Waals surface area contributed by atoms with E-state index in [0.29, 0.717) is 30.6 Å². The van der Waals surface area contributed by atoms with E-state index in [1.165, 1.54) is 0 Å². The lowest BCUT2D eigenvalue weighted by atomic mass is 9.90. The first-order valence-corrected chi connectivity index (χ1v) is 8.77. The molecule has 3 rings (SSSR count). The van der Waals surface area contributed by atoms with Gasteiger partial charge in [0.1, 0.15) is 5.76 Å². The quantitative estimate of drug-likeness (QED) is 0.844. The van der Waals surface area contributed by atoms with Crippen molar-refractivity contribution < 1.29 is 14.1 Å². The molecule has 0 spiro atoms. The smallest absolute Gasteiger partial charge is 0.273 e. The van der Waals surface area contributed by atoms with E-state index >= 15 is 0 Å². The Kier molecular flexibility index (Phi) is 4.89. The first-order chi connectivity index (χ1) is 11.5. The SMILES string of the molecule is CC(NC(=O)c1cc(C2CC2)on1)C1CCN(C(=O)[C@@H](C)N)CC1. The molecule has 3 N–H and O–H groups in total. The maximum Gasteiger partial charge on any atom is 0.273 e. The molecule has 7 heteroatoms. The Morgan fingerprint density at radius 3 is 2.54 bits per heavy atom. The van der Waals surface area contributed by atoms with Gasteiger partial charge in [-0.25, -0.2) is 0 Å². The third-order valence-corrected chi connectivity index (χ3v) is 5.05. The van der Waals surface area contributed by atoms with E-state index in [1.54, 1.807) is 13.0 Å². The molecule has 2 fully saturated rings. The van der Waals surface area contributed by atoms with Crippen LogP contribution in [-0.4, -0.2) is 47.0 Å². The summed E-state index contributed by atoms with van der Waals surface area (Å²) in [6.07, 6.45) is 3.97. The summed E-state index contributed by atoms with van der Waals surface area (Å²) in [5.74, 6) is 1.42. The summed E-state index contributed by atoms with van der Waals surface area (Å²) >= 11 is 0. The molecule has 1 aromatic heterocycles. The topological polar surface area (TPSA) is 101 Å². The van der Waals surface area contributed by atoms with Gasteiger partial charge in [0.05, 0.1) is 6.04 Å². The lowest BCUT2D eigenvalue weighted by molar-refractivity contribution is -0.133. The maximum atomic E-state index is 12.3. The molecule has 24 heavy (non-hydrogen) atoms. The van der Waals surface area contributed by atoms with E-state index in [9.17, 15) is 9.59 Å². The monoisotopic (exact) mass is 334 g/mol. The van der Waals surface area contributed by atoms with E-state index in [-0.39, 0.29) is 17.9 Å². The zero-order chi connectivity index (χ0) is 17.3. The Hall–Kier alpha value is -1.89. The van der Waals surface area contributed by atoms with E-state index in [2.05, 4.69) is 10.5 Å². The van der Waals surface area contributed by atoms with Crippen molar-refractivity contribution in [2.75, 3.05) is 13.1 Å². The second-order valence-electron chi connectivity index (χ2n) is 7.10. The number of hydrogen-bond acceptors (Lipinski definition) is 5. The van der Waals surface area contributed by atoms with Crippen LogP contribution in [0.15, 0.2) is 10.6 Å². The highest BCUT2D eigenvalue weighted by Gasteiger charge is 2.31. The highest BCUT2D eigenvalue weighted by atomic mass is 16.5. The third-order valence-electron chi connectivity index (χ3n) is 5.05. The summed E-state index contributed by atoms with van der Waals surface area (Å²) < 4.78 is 5.23. The zero-order valence-corrected chi connectivity index (χ0v) is 14.3. The fourth-order valence-corrected chi connectivity index (χ4v) is 3.26. The second-order valence-corrected chi connectivity index (χ2v) is 7.10. The summed E-state index contributed by atoms with van der Waals surface area (Å²) in [5, 5.41) is 6.89. The summed E-state index contributed by atoms with van der Waals surface area (Å²) in [4.78, 5) is 26.0. The van der Waals surface area contributed by atoms with Gasteiger partial charge in [-0.3, -0.25) is 9.59 Å². The van der Waals surface area contributed by atoms with Crippen LogP contribution in [0.25, 0.3) is 0 Å². The van der Waals surface area contributed by atoms with Crippen molar-refractivity contribution in [2.45, 2.75) is 57.5 Å². The Labute approximate surface area is 141 Å². The van der Waals surface area contributed by atoms with Crippen LogP contribution in [0.5, 0.6) is 0 Å². The number of nitrogens with one attached hydrogen (secondary N) is 1. The number of nitrogens with zero attached hydrogens (tertiary/aromatic N) is 2. The molecule has 2 aliphatic rings. The lowest BCUT2D eigenvalue weighted by Gasteiger charge is -2.35. The zero-order valence-electron chi connectivity index (χ0n) is 14.3. The predicted molar refractivity (Wildman–Crippen MR) is 88.4 cm³/mol.